The van der Waals surface area contributed by atoms with Gasteiger partial charge in [0.25, 0.3) is 5.91 Å². The predicted molar refractivity (Wildman–Crippen MR) is 59.1 cm³/mol. The number of carbonyl (C=O) groups is 1. The highest BCUT2D eigenvalue weighted by Crippen LogP contribution is 2.16. The largest absolute Gasteiger partial charge is 0.391 e. The third kappa shape index (κ3) is 2.93. The van der Waals surface area contributed by atoms with E-state index < -0.39 is 11.7 Å². The van der Waals surface area contributed by atoms with Crippen molar-refractivity contribution in [2.45, 2.75) is 38.6 Å². The molecule has 0 aromatic carbocycles. The number of carbonyl (C=O) groups excluding carboxylic acids is 1. The minimum atomic E-state index is -0.819. The van der Waals surface area contributed by atoms with E-state index in [9.17, 15) is 9.90 Å². The molecule has 0 radical (unpaired) electrons. The highest BCUT2D eigenvalue weighted by Gasteiger charge is 2.35. The fourth-order valence-electron chi connectivity index (χ4n) is 1.62. The van der Waals surface area contributed by atoms with Crippen molar-refractivity contribution in [2.24, 2.45) is 0 Å². The van der Waals surface area contributed by atoms with Gasteiger partial charge in [0.15, 0.2) is 0 Å². The molecule has 1 heterocycles. The maximum Gasteiger partial charge on any atom is 0.254 e. The Labute approximate surface area is 96.3 Å². The van der Waals surface area contributed by atoms with Gasteiger partial charge in [0.1, 0.15) is 11.7 Å². The van der Waals surface area contributed by atoms with Crippen LogP contribution < -0.4 is 0 Å². The van der Waals surface area contributed by atoms with E-state index in [1.165, 1.54) is 7.11 Å². The molecule has 1 amide bonds. The molecule has 0 saturated carbocycles. The number of aliphatic hydroxyl groups excluding tert-OH is 1. The van der Waals surface area contributed by atoms with Gasteiger partial charge < -0.3 is 19.5 Å². The van der Waals surface area contributed by atoms with Crippen LogP contribution in [0.2, 0.25) is 0 Å². The number of amides is 1. The quantitative estimate of drug-likeness (QED) is 0.744. The molecule has 1 saturated heterocycles. The number of methoxy groups -OCH3 is 1. The van der Waals surface area contributed by atoms with Crippen molar-refractivity contribution in [3.8, 4) is 0 Å². The molecule has 1 N–H and O–H groups in total. The van der Waals surface area contributed by atoms with E-state index in [-0.39, 0.29) is 12.0 Å². The van der Waals surface area contributed by atoms with E-state index in [1.54, 1.807) is 25.7 Å². The molecule has 1 rings (SSSR count). The molecule has 94 valence electrons. The van der Waals surface area contributed by atoms with Gasteiger partial charge in [-0.3, -0.25) is 4.79 Å². The van der Waals surface area contributed by atoms with E-state index in [2.05, 4.69) is 0 Å². The molecule has 1 aliphatic rings. The number of aliphatic hydroxyl groups is 1. The first-order valence-electron chi connectivity index (χ1n) is 5.52. The molecule has 0 aliphatic carbocycles. The van der Waals surface area contributed by atoms with Gasteiger partial charge in [0.2, 0.25) is 0 Å². The maximum absolute atomic E-state index is 12.1. The Morgan fingerprint density at radius 2 is 2.25 bits per heavy atom. The van der Waals surface area contributed by atoms with Gasteiger partial charge >= 0.3 is 0 Å². The average molecular weight is 231 g/mol. The van der Waals surface area contributed by atoms with Crippen molar-refractivity contribution >= 4 is 5.91 Å². The Hall–Kier alpha value is -0.650. The van der Waals surface area contributed by atoms with Crippen LogP contribution in [0, 0.1) is 0 Å². The second kappa shape index (κ2) is 5.12. The number of rotatable bonds is 3. The number of hydrogen-bond acceptors (Lipinski definition) is 4. The number of hydrogen-bond donors (Lipinski definition) is 1. The average Bonchev–Trinajstić information content (AvgIpc) is 2.28. The SMILES string of the molecule is COC(C)(C)C(=O)N1CCOC(C(C)O)C1. The molecule has 5 nitrogen and oxygen atoms in total. The molecule has 0 bridgehead atoms. The first-order valence-corrected chi connectivity index (χ1v) is 5.52. The van der Waals surface area contributed by atoms with Crippen LogP contribution in [0.25, 0.3) is 0 Å². The van der Waals surface area contributed by atoms with E-state index in [0.29, 0.717) is 19.7 Å². The lowest BCUT2D eigenvalue weighted by Gasteiger charge is -2.37. The van der Waals surface area contributed by atoms with Crippen LogP contribution in [-0.4, -0.2) is 60.5 Å². The topological polar surface area (TPSA) is 59.0 Å². The Morgan fingerprint density at radius 1 is 1.62 bits per heavy atom. The van der Waals surface area contributed by atoms with Crippen LogP contribution in [0.3, 0.4) is 0 Å². The highest BCUT2D eigenvalue weighted by molar-refractivity contribution is 5.84. The Bertz CT molecular complexity index is 252. The molecule has 0 aromatic heterocycles. The van der Waals surface area contributed by atoms with E-state index in [1.807, 2.05) is 0 Å². The summed E-state index contributed by atoms with van der Waals surface area (Å²) in [5.41, 5.74) is -0.819. The van der Waals surface area contributed by atoms with Crippen molar-refractivity contribution in [3.63, 3.8) is 0 Å². The fraction of sp³-hybridized carbons (Fsp3) is 0.909. The second-order valence-corrected chi connectivity index (χ2v) is 4.62. The first-order chi connectivity index (χ1) is 7.38. The summed E-state index contributed by atoms with van der Waals surface area (Å²) >= 11 is 0. The van der Waals surface area contributed by atoms with Gasteiger partial charge in [-0.2, -0.15) is 0 Å². The van der Waals surface area contributed by atoms with Crippen molar-refractivity contribution in [1.29, 1.82) is 0 Å². The Morgan fingerprint density at radius 3 is 2.75 bits per heavy atom. The summed E-state index contributed by atoms with van der Waals surface area (Å²) < 4.78 is 10.5. The van der Waals surface area contributed by atoms with Crippen LogP contribution >= 0.6 is 0 Å². The Kier molecular flexibility index (Phi) is 4.29. The van der Waals surface area contributed by atoms with Crippen molar-refractivity contribution < 1.29 is 19.4 Å². The van der Waals surface area contributed by atoms with E-state index in [0.717, 1.165) is 0 Å². The maximum atomic E-state index is 12.1. The van der Waals surface area contributed by atoms with E-state index >= 15 is 0 Å². The van der Waals surface area contributed by atoms with Crippen molar-refractivity contribution in [1.82, 2.24) is 4.90 Å². The monoisotopic (exact) mass is 231 g/mol. The van der Waals surface area contributed by atoms with E-state index in [4.69, 9.17) is 9.47 Å². The number of morpholine rings is 1. The summed E-state index contributed by atoms with van der Waals surface area (Å²) in [4.78, 5) is 13.8. The van der Waals surface area contributed by atoms with Crippen molar-refractivity contribution in [2.75, 3.05) is 26.8 Å². The molecular formula is C11H21NO4. The zero-order valence-electron chi connectivity index (χ0n) is 10.4. The minimum Gasteiger partial charge on any atom is -0.391 e. The van der Waals surface area contributed by atoms with Gasteiger partial charge in [0.05, 0.1) is 12.7 Å². The highest BCUT2D eigenvalue weighted by atomic mass is 16.5. The van der Waals surface area contributed by atoms with Crippen LogP contribution in [0.4, 0.5) is 0 Å². The lowest BCUT2D eigenvalue weighted by molar-refractivity contribution is -0.161. The van der Waals surface area contributed by atoms with Crippen LogP contribution in [-0.2, 0) is 14.3 Å². The normalized spacial score (nSPS) is 24.3. The van der Waals surface area contributed by atoms with Gasteiger partial charge in [-0.1, -0.05) is 0 Å². The number of ether oxygens (including phenoxy) is 2. The summed E-state index contributed by atoms with van der Waals surface area (Å²) in [6.07, 6.45) is -0.869. The smallest absolute Gasteiger partial charge is 0.254 e. The fourth-order valence-corrected chi connectivity index (χ4v) is 1.62. The van der Waals surface area contributed by atoms with Gasteiger partial charge in [-0.25, -0.2) is 0 Å². The van der Waals surface area contributed by atoms with Crippen LogP contribution in [0.5, 0.6) is 0 Å². The van der Waals surface area contributed by atoms with Gasteiger partial charge in [0, 0.05) is 20.2 Å². The zero-order valence-corrected chi connectivity index (χ0v) is 10.4. The predicted octanol–water partition coefficient (Wildman–Crippen LogP) is 0.0196. The summed E-state index contributed by atoms with van der Waals surface area (Å²) in [5.74, 6) is -0.0658. The summed E-state index contributed by atoms with van der Waals surface area (Å²) in [6.45, 7) is 6.57. The second-order valence-electron chi connectivity index (χ2n) is 4.62. The third-order valence-corrected chi connectivity index (χ3v) is 2.94. The summed E-state index contributed by atoms with van der Waals surface area (Å²) in [7, 11) is 1.52. The standard InChI is InChI=1S/C11H21NO4/c1-8(13)9-7-12(5-6-16-9)10(14)11(2,3)15-4/h8-9,13H,5-7H2,1-4H3. The number of nitrogens with zero attached hydrogens (tertiary/aromatic N) is 1. The molecule has 0 spiro atoms. The molecular weight excluding hydrogens is 210 g/mol. The molecule has 16 heavy (non-hydrogen) atoms. The lowest BCUT2D eigenvalue weighted by atomic mass is 10.1. The van der Waals surface area contributed by atoms with Gasteiger partial charge in [-0.15, -0.1) is 0 Å². The first kappa shape index (κ1) is 13.4. The lowest BCUT2D eigenvalue weighted by Crippen LogP contribution is -2.55. The molecule has 2 atom stereocenters. The Balaban J connectivity index is 2.64. The van der Waals surface area contributed by atoms with Crippen molar-refractivity contribution in [3.05, 3.63) is 0 Å². The van der Waals surface area contributed by atoms with Gasteiger partial charge in [-0.05, 0) is 20.8 Å². The third-order valence-electron chi connectivity index (χ3n) is 2.94. The van der Waals surface area contributed by atoms with Crippen LogP contribution in [0.1, 0.15) is 20.8 Å². The summed E-state index contributed by atoms with van der Waals surface area (Å²) in [6, 6.07) is 0. The molecule has 0 aromatic rings. The minimum absolute atomic E-state index is 0.0658. The van der Waals surface area contributed by atoms with Crippen LogP contribution in [0.15, 0.2) is 0 Å². The molecule has 1 aliphatic heterocycles. The molecule has 1 fully saturated rings. The zero-order chi connectivity index (χ0) is 12.3. The summed E-state index contributed by atoms with van der Waals surface area (Å²) in [5, 5.41) is 9.44. The molecule has 2 unspecified atom stereocenters. The molecule has 5 heteroatoms.